The molecule has 0 saturated heterocycles. The first-order valence-corrected chi connectivity index (χ1v) is 8.54. The number of nitrogens with one attached hydrogen (secondary N) is 1. The molecule has 0 atom stereocenters. The van der Waals surface area contributed by atoms with Crippen molar-refractivity contribution in [1.29, 1.82) is 0 Å². The van der Waals surface area contributed by atoms with E-state index in [1.54, 1.807) is 4.90 Å². The van der Waals surface area contributed by atoms with Gasteiger partial charge >= 0.3 is 6.09 Å². The average Bonchev–Trinajstić information content (AvgIpc) is 2.45. The fourth-order valence-electron chi connectivity index (χ4n) is 2.27. The van der Waals surface area contributed by atoms with Crippen LogP contribution in [-0.2, 0) is 11.2 Å². The molecule has 23 heavy (non-hydrogen) atoms. The van der Waals surface area contributed by atoms with E-state index in [2.05, 4.69) is 29.6 Å². The molecule has 0 saturated carbocycles. The molecular formula is C19H32N2O2. The Morgan fingerprint density at radius 3 is 2.39 bits per heavy atom. The van der Waals surface area contributed by atoms with Gasteiger partial charge in [-0.05, 0) is 59.6 Å². The number of carbonyl (C=O) groups excluding carboxylic acids is 1. The lowest BCUT2D eigenvalue weighted by molar-refractivity contribution is 0.0194. The minimum Gasteiger partial charge on any atom is -0.444 e. The van der Waals surface area contributed by atoms with Gasteiger partial charge < -0.3 is 15.0 Å². The number of benzene rings is 1. The van der Waals surface area contributed by atoms with Crippen LogP contribution in [0.15, 0.2) is 30.3 Å². The minimum absolute atomic E-state index is 0.135. The fourth-order valence-corrected chi connectivity index (χ4v) is 2.27. The normalized spacial score (nSPS) is 11.6. The van der Waals surface area contributed by atoms with Gasteiger partial charge in [0.25, 0.3) is 0 Å². The monoisotopic (exact) mass is 320 g/mol. The predicted octanol–water partition coefficient (Wildman–Crippen LogP) is 3.85. The number of ether oxygens (including phenoxy) is 1. The van der Waals surface area contributed by atoms with E-state index in [0.717, 1.165) is 25.9 Å². The van der Waals surface area contributed by atoms with Crippen LogP contribution in [0, 0.1) is 0 Å². The van der Waals surface area contributed by atoms with Gasteiger partial charge in [0.05, 0.1) is 0 Å². The highest BCUT2D eigenvalue weighted by molar-refractivity contribution is 5.68. The first-order chi connectivity index (χ1) is 10.8. The summed E-state index contributed by atoms with van der Waals surface area (Å²) in [6.07, 6.45) is 1.94. The molecule has 0 heterocycles. The van der Waals surface area contributed by atoms with Gasteiger partial charge in [0.2, 0.25) is 0 Å². The molecule has 1 N–H and O–H groups in total. The molecule has 4 nitrogen and oxygen atoms in total. The summed E-state index contributed by atoms with van der Waals surface area (Å²) in [6, 6.07) is 10.6. The summed E-state index contributed by atoms with van der Waals surface area (Å²) in [5, 5.41) is 3.41. The second-order valence-electron chi connectivity index (χ2n) is 7.11. The van der Waals surface area contributed by atoms with Crippen LogP contribution < -0.4 is 5.32 Å². The van der Waals surface area contributed by atoms with Crippen LogP contribution in [0.5, 0.6) is 0 Å². The zero-order valence-electron chi connectivity index (χ0n) is 15.3. The van der Waals surface area contributed by atoms with E-state index in [1.165, 1.54) is 5.56 Å². The van der Waals surface area contributed by atoms with Crippen LogP contribution in [-0.4, -0.2) is 42.3 Å². The highest BCUT2D eigenvalue weighted by Crippen LogP contribution is 2.11. The number of nitrogens with zero attached hydrogens (tertiary/aromatic N) is 1. The van der Waals surface area contributed by atoms with E-state index >= 15 is 0 Å². The van der Waals surface area contributed by atoms with Gasteiger partial charge in [-0.25, -0.2) is 4.79 Å². The molecule has 0 aromatic heterocycles. The summed E-state index contributed by atoms with van der Waals surface area (Å²) in [5.41, 5.74) is 0.916. The van der Waals surface area contributed by atoms with Gasteiger partial charge in [0.15, 0.2) is 0 Å². The largest absolute Gasteiger partial charge is 0.444 e. The third kappa shape index (κ3) is 8.60. The molecule has 0 aliphatic rings. The van der Waals surface area contributed by atoms with E-state index < -0.39 is 5.60 Å². The Kier molecular flexibility index (Phi) is 8.10. The van der Waals surface area contributed by atoms with Crippen molar-refractivity contribution in [1.82, 2.24) is 10.2 Å². The van der Waals surface area contributed by atoms with E-state index in [4.69, 9.17) is 4.74 Å². The molecule has 1 amide bonds. The molecule has 130 valence electrons. The Morgan fingerprint density at radius 2 is 1.83 bits per heavy atom. The maximum atomic E-state index is 12.2. The SMILES string of the molecule is CC(C)N(CCNCCCc1ccccc1)C(=O)OC(C)(C)C. The summed E-state index contributed by atoms with van der Waals surface area (Å²) < 4.78 is 5.46. The molecule has 0 unspecified atom stereocenters. The fraction of sp³-hybridized carbons (Fsp3) is 0.632. The molecule has 1 rings (SSSR count). The second kappa shape index (κ2) is 9.56. The lowest BCUT2D eigenvalue weighted by Crippen LogP contribution is -2.44. The molecule has 0 spiro atoms. The number of amides is 1. The summed E-state index contributed by atoms with van der Waals surface area (Å²) >= 11 is 0. The van der Waals surface area contributed by atoms with Crippen molar-refractivity contribution in [3.05, 3.63) is 35.9 Å². The third-order valence-corrected chi connectivity index (χ3v) is 3.44. The van der Waals surface area contributed by atoms with Gasteiger partial charge in [-0.1, -0.05) is 30.3 Å². The van der Waals surface area contributed by atoms with Crippen molar-refractivity contribution in [2.45, 2.75) is 59.1 Å². The Bertz CT molecular complexity index is 452. The maximum absolute atomic E-state index is 12.2. The number of hydrogen-bond donors (Lipinski definition) is 1. The third-order valence-electron chi connectivity index (χ3n) is 3.44. The average molecular weight is 320 g/mol. The summed E-state index contributed by atoms with van der Waals surface area (Å²) in [4.78, 5) is 14.0. The van der Waals surface area contributed by atoms with Crippen LogP contribution in [0.1, 0.15) is 46.6 Å². The number of hydrogen-bond acceptors (Lipinski definition) is 3. The predicted molar refractivity (Wildman–Crippen MR) is 95.7 cm³/mol. The van der Waals surface area contributed by atoms with Crippen molar-refractivity contribution in [2.75, 3.05) is 19.6 Å². The van der Waals surface area contributed by atoms with Crippen LogP contribution >= 0.6 is 0 Å². The van der Waals surface area contributed by atoms with Crippen molar-refractivity contribution in [3.63, 3.8) is 0 Å². The molecule has 0 fully saturated rings. The van der Waals surface area contributed by atoms with Gasteiger partial charge in [0.1, 0.15) is 5.60 Å². The lowest BCUT2D eigenvalue weighted by atomic mass is 10.1. The van der Waals surface area contributed by atoms with Crippen LogP contribution in [0.25, 0.3) is 0 Å². The van der Waals surface area contributed by atoms with Crippen LogP contribution in [0.2, 0.25) is 0 Å². The van der Waals surface area contributed by atoms with Crippen molar-refractivity contribution in [2.24, 2.45) is 0 Å². The standard InChI is InChI=1S/C19H32N2O2/c1-16(2)21(18(22)23-19(3,4)5)15-14-20-13-9-12-17-10-7-6-8-11-17/h6-8,10-11,16,20H,9,12-15H2,1-5H3. The minimum atomic E-state index is -0.451. The molecule has 0 aliphatic carbocycles. The number of aryl methyl sites for hydroxylation is 1. The zero-order chi connectivity index (χ0) is 17.3. The van der Waals surface area contributed by atoms with Crippen molar-refractivity contribution >= 4 is 6.09 Å². The van der Waals surface area contributed by atoms with E-state index in [9.17, 15) is 4.79 Å². The highest BCUT2D eigenvalue weighted by atomic mass is 16.6. The van der Waals surface area contributed by atoms with Crippen molar-refractivity contribution in [3.8, 4) is 0 Å². The number of rotatable bonds is 8. The smallest absolute Gasteiger partial charge is 0.410 e. The van der Waals surface area contributed by atoms with Gasteiger partial charge in [-0.3, -0.25) is 0 Å². The van der Waals surface area contributed by atoms with E-state index in [1.807, 2.05) is 40.7 Å². The molecule has 1 aromatic rings. The molecule has 0 bridgehead atoms. The lowest BCUT2D eigenvalue weighted by Gasteiger charge is -2.30. The van der Waals surface area contributed by atoms with Gasteiger partial charge in [-0.15, -0.1) is 0 Å². The molecule has 0 aliphatic heterocycles. The Morgan fingerprint density at radius 1 is 1.17 bits per heavy atom. The van der Waals surface area contributed by atoms with Crippen molar-refractivity contribution < 1.29 is 9.53 Å². The van der Waals surface area contributed by atoms with Crippen LogP contribution in [0.4, 0.5) is 4.79 Å². The Labute approximate surface area is 141 Å². The first-order valence-electron chi connectivity index (χ1n) is 8.54. The summed E-state index contributed by atoms with van der Waals surface area (Å²) in [7, 11) is 0. The summed E-state index contributed by atoms with van der Waals surface area (Å²) in [5.74, 6) is 0. The second-order valence-corrected chi connectivity index (χ2v) is 7.11. The van der Waals surface area contributed by atoms with E-state index in [-0.39, 0.29) is 12.1 Å². The molecule has 0 radical (unpaired) electrons. The Hall–Kier alpha value is -1.55. The highest BCUT2D eigenvalue weighted by Gasteiger charge is 2.23. The number of carbonyl (C=O) groups is 1. The van der Waals surface area contributed by atoms with Gasteiger partial charge in [0, 0.05) is 19.1 Å². The topological polar surface area (TPSA) is 41.6 Å². The molecular weight excluding hydrogens is 288 g/mol. The van der Waals surface area contributed by atoms with Crippen LogP contribution in [0.3, 0.4) is 0 Å². The molecule has 1 aromatic carbocycles. The summed E-state index contributed by atoms with van der Waals surface area (Å²) in [6.45, 7) is 12.1. The molecule has 4 heteroatoms. The zero-order valence-corrected chi connectivity index (χ0v) is 15.3. The first kappa shape index (κ1) is 19.5. The maximum Gasteiger partial charge on any atom is 0.410 e. The van der Waals surface area contributed by atoms with E-state index in [0.29, 0.717) is 6.54 Å². The Balaban J connectivity index is 2.24. The quantitative estimate of drug-likeness (QED) is 0.740. The van der Waals surface area contributed by atoms with Gasteiger partial charge in [-0.2, -0.15) is 0 Å².